The number of alkyl halides is 1. The van der Waals surface area contributed by atoms with Crippen LogP contribution in [0, 0.1) is 19.3 Å². The minimum atomic E-state index is 0.280. The van der Waals surface area contributed by atoms with Crippen molar-refractivity contribution >= 4 is 31.9 Å². The number of halogens is 2. The quantitative estimate of drug-likeness (QED) is 0.591. The lowest BCUT2D eigenvalue weighted by atomic mass is 9.87. The molecule has 0 spiro atoms. The molecule has 0 bridgehead atoms. The lowest BCUT2D eigenvalue weighted by Gasteiger charge is -2.26. The van der Waals surface area contributed by atoms with E-state index in [2.05, 4.69) is 72.5 Å². The van der Waals surface area contributed by atoms with E-state index in [0.29, 0.717) is 4.83 Å². The minimum Gasteiger partial charge on any atom is -0.496 e. The molecule has 0 aromatic heterocycles. The van der Waals surface area contributed by atoms with Gasteiger partial charge in [0, 0.05) is 14.9 Å². The van der Waals surface area contributed by atoms with Crippen molar-refractivity contribution in [3.63, 3.8) is 0 Å². The third kappa shape index (κ3) is 3.74. The fourth-order valence-electron chi connectivity index (χ4n) is 2.16. The average molecular weight is 378 g/mol. The SMILES string of the molecule is COc1c(C)cc(Br)c(C)c1C(Br)CC(C)(C)C. The van der Waals surface area contributed by atoms with Gasteiger partial charge in [-0.15, -0.1) is 0 Å². The van der Waals surface area contributed by atoms with Crippen molar-refractivity contribution < 1.29 is 4.74 Å². The third-order valence-corrected chi connectivity index (χ3v) is 4.62. The van der Waals surface area contributed by atoms with E-state index in [1.807, 2.05) is 0 Å². The summed E-state index contributed by atoms with van der Waals surface area (Å²) in [7, 11) is 1.75. The van der Waals surface area contributed by atoms with E-state index < -0.39 is 0 Å². The van der Waals surface area contributed by atoms with Crippen molar-refractivity contribution in [2.75, 3.05) is 7.11 Å². The molecule has 0 saturated carbocycles. The molecule has 1 unspecified atom stereocenters. The van der Waals surface area contributed by atoms with Crippen LogP contribution in [0.5, 0.6) is 5.75 Å². The molecule has 1 nitrogen and oxygen atoms in total. The second kappa shape index (κ2) is 5.96. The zero-order valence-electron chi connectivity index (χ0n) is 12.0. The molecular weight excluding hydrogens is 356 g/mol. The van der Waals surface area contributed by atoms with Gasteiger partial charge < -0.3 is 4.74 Å². The predicted octanol–water partition coefficient (Wildman–Crippen LogP) is 5.95. The summed E-state index contributed by atoms with van der Waals surface area (Å²) >= 11 is 7.46. The van der Waals surface area contributed by atoms with E-state index in [-0.39, 0.29) is 5.41 Å². The third-order valence-electron chi connectivity index (χ3n) is 3.02. The number of methoxy groups -OCH3 is 1. The normalized spacial score (nSPS) is 13.6. The van der Waals surface area contributed by atoms with Crippen LogP contribution < -0.4 is 4.74 Å². The fraction of sp³-hybridized carbons (Fsp3) is 0.600. The largest absolute Gasteiger partial charge is 0.496 e. The highest BCUT2D eigenvalue weighted by atomic mass is 79.9. The summed E-state index contributed by atoms with van der Waals surface area (Å²) in [5.74, 6) is 1.00. The Bertz CT molecular complexity index is 433. The number of hydrogen-bond acceptors (Lipinski definition) is 1. The minimum absolute atomic E-state index is 0.280. The summed E-state index contributed by atoms with van der Waals surface area (Å²) in [6, 6.07) is 2.12. The summed E-state index contributed by atoms with van der Waals surface area (Å²) in [6.45, 7) is 11.0. The molecule has 0 radical (unpaired) electrons. The maximum Gasteiger partial charge on any atom is 0.126 e. The van der Waals surface area contributed by atoms with E-state index in [1.165, 1.54) is 16.7 Å². The van der Waals surface area contributed by atoms with Gasteiger partial charge in [0.05, 0.1) is 7.11 Å². The molecule has 0 saturated heterocycles. The lowest BCUT2D eigenvalue weighted by molar-refractivity contribution is 0.366. The first-order chi connectivity index (χ1) is 8.17. The van der Waals surface area contributed by atoms with Gasteiger partial charge in [0.25, 0.3) is 0 Å². The van der Waals surface area contributed by atoms with Gasteiger partial charge in [-0.1, -0.05) is 52.6 Å². The highest BCUT2D eigenvalue weighted by molar-refractivity contribution is 9.10. The second-order valence-corrected chi connectivity index (χ2v) is 7.94. The number of rotatable bonds is 3. The molecule has 3 heteroatoms. The van der Waals surface area contributed by atoms with Crippen LogP contribution in [0.1, 0.15) is 48.7 Å². The summed E-state index contributed by atoms with van der Waals surface area (Å²) in [6.07, 6.45) is 1.07. The van der Waals surface area contributed by atoms with Gasteiger partial charge in [0.1, 0.15) is 5.75 Å². The first kappa shape index (κ1) is 16.0. The summed E-state index contributed by atoms with van der Waals surface area (Å²) in [5, 5.41) is 0. The van der Waals surface area contributed by atoms with Gasteiger partial charge in [-0.05, 0) is 42.9 Å². The lowest BCUT2D eigenvalue weighted by Crippen LogP contribution is -2.10. The maximum atomic E-state index is 5.60. The van der Waals surface area contributed by atoms with E-state index >= 15 is 0 Å². The molecule has 0 amide bonds. The molecule has 0 fully saturated rings. The second-order valence-electron chi connectivity index (χ2n) is 5.98. The van der Waals surface area contributed by atoms with Crippen LogP contribution in [0.4, 0.5) is 0 Å². The highest BCUT2D eigenvalue weighted by Crippen LogP contribution is 2.44. The Kier molecular flexibility index (Phi) is 5.31. The van der Waals surface area contributed by atoms with Crippen LogP contribution in [0.3, 0.4) is 0 Å². The summed E-state index contributed by atoms with van der Waals surface area (Å²) in [4.78, 5) is 0.309. The van der Waals surface area contributed by atoms with Gasteiger partial charge >= 0.3 is 0 Å². The van der Waals surface area contributed by atoms with Gasteiger partial charge in [-0.3, -0.25) is 0 Å². The first-order valence-corrected chi connectivity index (χ1v) is 7.86. The fourth-order valence-corrected chi connectivity index (χ4v) is 4.24. The van der Waals surface area contributed by atoms with Gasteiger partial charge in [0.2, 0.25) is 0 Å². The molecule has 0 heterocycles. The van der Waals surface area contributed by atoms with Crippen LogP contribution in [0.25, 0.3) is 0 Å². The van der Waals surface area contributed by atoms with Gasteiger partial charge in [0.15, 0.2) is 0 Å². The van der Waals surface area contributed by atoms with Gasteiger partial charge in [-0.25, -0.2) is 0 Å². The molecule has 1 aromatic carbocycles. The zero-order valence-corrected chi connectivity index (χ0v) is 15.2. The molecule has 102 valence electrons. The Morgan fingerprint density at radius 3 is 2.28 bits per heavy atom. The number of benzene rings is 1. The topological polar surface area (TPSA) is 9.23 Å². The number of hydrogen-bond donors (Lipinski definition) is 0. The molecule has 0 aliphatic heterocycles. The Hall–Kier alpha value is -0.0200. The monoisotopic (exact) mass is 376 g/mol. The molecule has 18 heavy (non-hydrogen) atoms. The maximum absolute atomic E-state index is 5.60. The Labute approximate surface area is 128 Å². The first-order valence-electron chi connectivity index (χ1n) is 6.15. The van der Waals surface area contributed by atoms with E-state index in [1.54, 1.807) is 7.11 Å². The van der Waals surface area contributed by atoms with Crippen molar-refractivity contribution in [2.24, 2.45) is 5.41 Å². The van der Waals surface area contributed by atoms with Crippen LogP contribution in [-0.2, 0) is 0 Å². The standard InChI is InChI=1S/C15H22Br2O/c1-9-7-11(16)10(2)13(14(9)18-6)12(17)8-15(3,4)5/h7,12H,8H2,1-6H3. The highest BCUT2D eigenvalue weighted by Gasteiger charge is 2.24. The Balaban J connectivity index is 3.29. The van der Waals surface area contributed by atoms with Crippen molar-refractivity contribution in [2.45, 2.75) is 45.9 Å². The Morgan fingerprint density at radius 2 is 1.83 bits per heavy atom. The molecule has 1 aromatic rings. The summed E-state index contributed by atoms with van der Waals surface area (Å²) < 4.78 is 6.74. The van der Waals surface area contributed by atoms with E-state index in [4.69, 9.17) is 4.74 Å². The van der Waals surface area contributed by atoms with Crippen LogP contribution in [0.15, 0.2) is 10.5 Å². The van der Waals surface area contributed by atoms with E-state index in [9.17, 15) is 0 Å². The number of ether oxygens (including phenoxy) is 1. The van der Waals surface area contributed by atoms with Crippen LogP contribution in [0.2, 0.25) is 0 Å². The zero-order chi connectivity index (χ0) is 14.1. The van der Waals surface area contributed by atoms with Gasteiger partial charge in [-0.2, -0.15) is 0 Å². The smallest absolute Gasteiger partial charge is 0.126 e. The molecule has 0 aliphatic rings. The van der Waals surface area contributed by atoms with Crippen molar-refractivity contribution in [3.8, 4) is 5.75 Å². The van der Waals surface area contributed by atoms with Crippen molar-refractivity contribution in [3.05, 3.63) is 27.2 Å². The molecule has 0 N–H and O–H groups in total. The van der Waals surface area contributed by atoms with Crippen LogP contribution >= 0.6 is 31.9 Å². The number of aryl methyl sites for hydroxylation is 1. The van der Waals surface area contributed by atoms with E-state index in [0.717, 1.165) is 16.6 Å². The molecule has 0 aliphatic carbocycles. The van der Waals surface area contributed by atoms with Crippen molar-refractivity contribution in [1.29, 1.82) is 0 Å². The van der Waals surface area contributed by atoms with Crippen LogP contribution in [-0.4, -0.2) is 7.11 Å². The summed E-state index contributed by atoms with van der Waals surface area (Å²) in [5.41, 5.74) is 3.97. The molecule has 1 rings (SSSR count). The Morgan fingerprint density at radius 1 is 1.28 bits per heavy atom. The predicted molar refractivity (Wildman–Crippen MR) is 85.9 cm³/mol. The van der Waals surface area contributed by atoms with Crippen molar-refractivity contribution in [1.82, 2.24) is 0 Å². The molecular formula is C15H22Br2O. The molecule has 1 atom stereocenters. The average Bonchev–Trinajstić information content (AvgIpc) is 2.20.